The van der Waals surface area contributed by atoms with Gasteiger partial charge in [0, 0.05) is 11.1 Å². The molecule has 0 fully saturated rings. The summed E-state index contributed by atoms with van der Waals surface area (Å²) >= 11 is 0. The third-order valence-electron chi connectivity index (χ3n) is 2.56. The van der Waals surface area contributed by atoms with Gasteiger partial charge in [0.25, 0.3) is 0 Å². The van der Waals surface area contributed by atoms with Crippen LogP contribution in [0, 0.1) is 0 Å². The van der Waals surface area contributed by atoms with Crippen molar-refractivity contribution in [2.24, 2.45) is 4.40 Å². The van der Waals surface area contributed by atoms with Crippen molar-refractivity contribution in [3.8, 4) is 0 Å². The molecule has 8 nitrogen and oxygen atoms in total. The van der Waals surface area contributed by atoms with E-state index in [4.69, 9.17) is 5.26 Å². The Balaban J connectivity index is 2.46. The van der Waals surface area contributed by atoms with Gasteiger partial charge in [-0.1, -0.05) is 0 Å². The molecule has 0 aromatic heterocycles. The summed E-state index contributed by atoms with van der Waals surface area (Å²) in [6.45, 7) is 0. The summed E-state index contributed by atoms with van der Waals surface area (Å²) in [6.07, 6.45) is 1.68. The lowest BCUT2D eigenvalue weighted by atomic mass is 10.1. The van der Waals surface area contributed by atoms with E-state index in [1.54, 1.807) is 0 Å². The summed E-state index contributed by atoms with van der Waals surface area (Å²) in [7, 11) is -3.66. The number of aliphatic hydroxyl groups is 1. The summed E-state index contributed by atoms with van der Waals surface area (Å²) in [5, 5.41) is 18.2. The van der Waals surface area contributed by atoms with Gasteiger partial charge in [-0.2, -0.15) is 4.40 Å². The van der Waals surface area contributed by atoms with Crippen molar-refractivity contribution in [1.29, 1.82) is 0 Å². The molecule has 0 saturated carbocycles. The number of ketones is 1. The second kappa shape index (κ2) is 5.04. The van der Waals surface area contributed by atoms with Crippen LogP contribution in [0.1, 0.15) is 15.9 Å². The molecule has 106 valence electrons. The number of allylic oxidation sites excluding steroid dienone is 1. The van der Waals surface area contributed by atoms with Gasteiger partial charge in [-0.3, -0.25) is 4.79 Å². The maximum absolute atomic E-state index is 12.0. The number of carbonyl (C=O) groups is 1. The van der Waals surface area contributed by atoms with Crippen molar-refractivity contribution in [1.82, 2.24) is 0 Å². The van der Waals surface area contributed by atoms with E-state index in [2.05, 4.69) is 14.9 Å². The zero-order valence-electron chi connectivity index (χ0n) is 10.2. The van der Waals surface area contributed by atoms with Gasteiger partial charge in [0.05, 0.1) is 23.7 Å². The first-order valence-corrected chi connectivity index (χ1v) is 7.12. The minimum absolute atomic E-state index is 0.187. The second-order valence-electron chi connectivity index (χ2n) is 4.01. The molecule has 0 spiro atoms. The lowest BCUT2D eigenvalue weighted by molar-refractivity contribution is -0.215. The number of anilines is 1. The van der Waals surface area contributed by atoms with Crippen molar-refractivity contribution in [3.05, 3.63) is 34.9 Å². The number of sulfonamides is 1. The second-order valence-corrected chi connectivity index (χ2v) is 5.69. The lowest BCUT2D eigenvalue weighted by Crippen LogP contribution is -2.02. The van der Waals surface area contributed by atoms with Crippen molar-refractivity contribution < 1.29 is 28.6 Å². The number of Topliss-reactive ketones (excluding diaryl/α,β-unsaturated/α-hetero) is 1. The van der Waals surface area contributed by atoms with E-state index in [0.29, 0.717) is 5.69 Å². The number of benzene rings is 1. The third kappa shape index (κ3) is 2.69. The van der Waals surface area contributed by atoms with Crippen LogP contribution < -0.4 is 5.48 Å². The molecule has 0 amide bonds. The fourth-order valence-corrected chi connectivity index (χ4v) is 2.02. The van der Waals surface area contributed by atoms with Crippen LogP contribution in [0.4, 0.5) is 5.69 Å². The molecule has 1 aliphatic carbocycles. The Hall–Kier alpha value is -2.23. The van der Waals surface area contributed by atoms with Crippen LogP contribution in [0.2, 0.25) is 0 Å². The first kappa shape index (κ1) is 14.2. The Labute approximate surface area is 114 Å². The Morgan fingerprint density at radius 2 is 2.05 bits per heavy atom. The predicted octanol–water partition coefficient (Wildman–Crippen LogP) is 0.999. The topological polar surface area (TPSA) is 125 Å². The predicted molar refractivity (Wildman–Crippen MR) is 71.0 cm³/mol. The standard InChI is InChI=1S/C11H10N2O6S/c1-20(17,18)12-5-9-10(14)7-3-2-6(13-19-16)4-8(7)11(9)15/h2-5,13,15-16H,1H3/b12-5-. The van der Waals surface area contributed by atoms with E-state index in [9.17, 15) is 18.3 Å². The fraction of sp³-hybridized carbons (Fsp3) is 0.0909. The zero-order valence-corrected chi connectivity index (χ0v) is 11.0. The molecule has 3 N–H and O–H groups in total. The van der Waals surface area contributed by atoms with Crippen LogP contribution in [0.15, 0.2) is 28.2 Å². The van der Waals surface area contributed by atoms with Gasteiger partial charge in [0.15, 0.2) is 5.78 Å². The molecule has 0 unspecified atom stereocenters. The Morgan fingerprint density at radius 1 is 1.35 bits per heavy atom. The third-order valence-corrected chi connectivity index (χ3v) is 3.04. The lowest BCUT2D eigenvalue weighted by Gasteiger charge is -2.03. The zero-order chi connectivity index (χ0) is 14.9. The number of nitrogens with one attached hydrogen (secondary N) is 1. The number of aliphatic hydroxyl groups excluding tert-OH is 1. The number of fused-ring (bicyclic) bond motifs is 1. The number of hydrogen-bond acceptors (Lipinski definition) is 7. The van der Waals surface area contributed by atoms with Crippen LogP contribution in [-0.4, -0.2) is 37.0 Å². The van der Waals surface area contributed by atoms with Crippen LogP contribution in [0.25, 0.3) is 5.76 Å². The quantitative estimate of drug-likeness (QED) is 0.430. The number of carbonyl (C=O) groups excluding carboxylic acids is 1. The molecule has 9 heteroatoms. The molecule has 0 saturated heterocycles. The first-order chi connectivity index (χ1) is 9.33. The summed E-state index contributed by atoms with van der Waals surface area (Å²) in [5.41, 5.74) is 2.59. The smallest absolute Gasteiger partial charge is 0.250 e. The number of hydrogen-bond donors (Lipinski definition) is 3. The molecular formula is C11H10N2O6S. The first-order valence-electron chi connectivity index (χ1n) is 5.27. The van der Waals surface area contributed by atoms with E-state index < -0.39 is 15.8 Å². The minimum Gasteiger partial charge on any atom is -0.506 e. The van der Waals surface area contributed by atoms with Crippen molar-refractivity contribution >= 4 is 33.5 Å². The molecule has 0 bridgehead atoms. The van der Waals surface area contributed by atoms with Gasteiger partial charge < -0.3 is 5.11 Å². The highest BCUT2D eigenvalue weighted by Gasteiger charge is 2.29. The number of nitrogens with zero attached hydrogens (tertiary/aromatic N) is 1. The molecule has 0 aliphatic heterocycles. The largest absolute Gasteiger partial charge is 0.506 e. The van der Waals surface area contributed by atoms with E-state index >= 15 is 0 Å². The average molecular weight is 298 g/mol. The highest BCUT2D eigenvalue weighted by atomic mass is 32.2. The van der Waals surface area contributed by atoms with Crippen LogP contribution >= 0.6 is 0 Å². The summed E-state index contributed by atoms with van der Waals surface area (Å²) in [4.78, 5) is 15.7. The van der Waals surface area contributed by atoms with Gasteiger partial charge in [-0.15, -0.1) is 4.99 Å². The van der Waals surface area contributed by atoms with Gasteiger partial charge in [0.2, 0.25) is 10.0 Å². The fourth-order valence-electron chi connectivity index (χ4n) is 1.72. The summed E-state index contributed by atoms with van der Waals surface area (Å²) in [5.74, 6) is -0.930. The van der Waals surface area contributed by atoms with E-state index in [0.717, 1.165) is 12.5 Å². The van der Waals surface area contributed by atoms with Crippen LogP contribution in [0.5, 0.6) is 0 Å². The van der Waals surface area contributed by atoms with Gasteiger partial charge in [-0.05, 0) is 18.2 Å². The normalized spacial score (nSPS) is 15.0. The minimum atomic E-state index is -3.66. The van der Waals surface area contributed by atoms with E-state index in [1.165, 1.54) is 18.2 Å². The van der Waals surface area contributed by atoms with Gasteiger partial charge in [0.1, 0.15) is 5.76 Å². The average Bonchev–Trinajstić information content (AvgIpc) is 2.59. The monoisotopic (exact) mass is 298 g/mol. The van der Waals surface area contributed by atoms with Crippen LogP contribution in [-0.2, 0) is 15.0 Å². The maximum atomic E-state index is 12.0. The van der Waals surface area contributed by atoms with Crippen molar-refractivity contribution in [2.75, 3.05) is 11.7 Å². The molecule has 0 atom stereocenters. The van der Waals surface area contributed by atoms with Gasteiger partial charge in [-0.25, -0.2) is 19.2 Å². The van der Waals surface area contributed by atoms with Crippen molar-refractivity contribution in [3.63, 3.8) is 0 Å². The molecular weight excluding hydrogens is 288 g/mol. The van der Waals surface area contributed by atoms with Crippen LogP contribution in [0.3, 0.4) is 0 Å². The molecule has 1 aromatic rings. The maximum Gasteiger partial charge on any atom is 0.250 e. The highest BCUT2D eigenvalue weighted by molar-refractivity contribution is 7.89. The molecule has 1 aliphatic rings. The molecule has 2 rings (SSSR count). The number of rotatable bonds is 4. The van der Waals surface area contributed by atoms with E-state index in [1.807, 2.05) is 0 Å². The van der Waals surface area contributed by atoms with E-state index in [-0.39, 0.29) is 22.5 Å². The highest BCUT2D eigenvalue weighted by Crippen LogP contribution is 2.32. The Morgan fingerprint density at radius 3 is 2.65 bits per heavy atom. The summed E-state index contributed by atoms with van der Waals surface area (Å²) in [6, 6.07) is 4.20. The SMILES string of the molecule is CS(=O)(=O)/N=C\C1=C(O)c2cc(NOO)ccc2C1=O. The Kier molecular flexibility index (Phi) is 3.57. The van der Waals surface area contributed by atoms with Crippen molar-refractivity contribution in [2.45, 2.75) is 0 Å². The van der Waals surface area contributed by atoms with Gasteiger partial charge >= 0.3 is 0 Å². The Bertz CT molecular complexity index is 735. The summed E-state index contributed by atoms with van der Waals surface area (Å²) < 4.78 is 25.1. The molecule has 0 radical (unpaired) electrons. The molecule has 0 heterocycles. The molecule has 20 heavy (non-hydrogen) atoms. The molecule has 1 aromatic carbocycles.